The molecule has 4 heteroatoms. The molecule has 1 unspecified atom stereocenters. The summed E-state index contributed by atoms with van der Waals surface area (Å²) in [7, 11) is 0. The van der Waals surface area contributed by atoms with Gasteiger partial charge in [-0.1, -0.05) is 24.3 Å². The lowest BCUT2D eigenvalue weighted by Crippen LogP contribution is -2.12. The lowest BCUT2D eigenvalue weighted by Gasteiger charge is -2.13. The summed E-state index contributed by atoms with van der Waals surface area (Å²) in [5, 5.41) is 13.0. The number of nitrogen functional groups attached to an aromatic ring is 1. The Morgan fingerprint density at radius 2 is 1.89 bits per heavy atom. The van der Waals surface area contributed by atoms with Crippen LogP contribution in [0.3, 0.4) is 0 Å². The van der Waals surface area contributed by atoms with Crippen LogP contribution in [0, 0.1) is 5.82 Å². The van der Waals surface area contributed by atoms with Crippen LogP contribution in [-0.2, 0) is 0 Å². The Hall–Kier alpha value is -2.07. The summed E-state index contributed by atoms with van der Waals surface area (Å²) in [6.07, 6.45) is -0.729. The van der Waals surface area contributed by atoms with Gasteiger partial charge in [-0.25, -0.2) is 4.39 Å². The first-order chi connectivity index (χ1) is 8.66. The number of benzene rings is 2. The molecule has 0 bridgehead atoms. The molecule has 0 amide bonds. The number of hydrogen-bond acceptors (Lipinski definition) is 3. The highest BCUT2D eigenvalue weighted by Crippen LogP contribution is 2.19. The van der Waals surface area contributed by atoms with Gasteiger partial charge in [-0.2, -0.15) is 0 Å². The van der Waals surface area contributed by atoms with Crippen LogP contribution in [0.4, 0.5) is 15.8 Å². The smallest absolute Gasteiger partial charge is 0.146 e. The molecule has 4 N–H and O–H groups in total. The topological polar surface area (TPSA) is 58.3 Å². The predicted molar refractivity (Wildman–Crippen MR) is 70.7 cm³/mol. The second-order valence-electron chi connectivity index (χ2n) is 4.04. The maximum Gasteiger partial charge on any atom is 0.146 e. The first kappa shape index (κ1) is 12.4. The normalized spacial score (nSPS) is 12.1. The third-order valence-corrected chi connectivity index (χ3v) is 2.68. The van der Waals surface area contributed by atoms with E-state index in [1.54, 1.807) is 0 Å². The zero-order chi connectivity index (χ0) is 13.0. The Morgan fingerprint density at radius 3 is 2.56 bits per heavy atom. The monoisotopic (exact) mass is 246 g/mol. The quantitative estimate of drug-likeness (QED) is 0.727. The van der Waals surface area contributed by atoms with E-state index in [1.807, 2.05) is 30.3 Å². The van der Waals surface area contributed by atoms with Gasteiger partial charge in [-0.15, -0.1) is 0 Å². The van der Waals surface area contributed by atoms with Crippen LogP contribution in [0.15, 0.2) is 48.5 Å². The van der Waals surface area contributed by atoms with Gasteiger partial charge in [-0.05, 0) is 29.8 Å². The summed E-state index contributed by atoms with van der Waals surface area (Å²) in [4.78, 5) is 0. The molecule has 0 spiro atoms. The van der Waals surface area contributed by atoms with E-state index >= 15 is 0 Å². The van der Waals surface area contributed by atoms with Crippen molar-refractivity contribution in [2.24, 2.45) is 0 Å². The molecule has 0 aliphatic heterocycles. The molecule has 0 aromatic heterocycles. The van der Waals surface area contributed by atoms with E-state index in [4.69, 9.17) is 5.73 Å². The summed E-state index contributed by atoms with van der Waals surface area (Å²) < 4.78 is 13.0. The Kier molecular flexibility index (Phi) is 3.79. The fourth-order valence-corrected chi connectivity index (χ4v) is 1.66. The fourth-order valence-electron chi connectivity index (χ4n) is 1.66. The van der Waals surface area contributed by atoms with Gasteiger partial charge in [-0.3, -0.25) is 0 Å². The van der Waals surface area contributed by atoms with Crippen molar-refractivity contribution in [3.63, 3.8) is 0 Å². The lowest BCUT2D eigenvalue weighted by molar-refractivity contribution is 0.191. The summed E-state index contributed by atoms with van der Waals surface area (Å²) in [6.45, 7) is 0.342. The summed E-state index contributed by atoms with van der Waals surface area (Å²) in [5.74, 6) is -0.470. The van der Waals surface area contributed by atoms with Gasteiger partial charge >= 0.3 is 0 Å². The molecular weight excluding hydrogens is 231 g/mol. The van der Waals surface area contributed by atoms with Gasteiger partial charge in [0.15, 0.2) is 0 Å². The number of anilines is 2. The average Bonchev–Trinajstić information content (AvgIpc) is 2.40. The Bertz CT molecular complexity index is 516. The number of nitrogens with two attached hydrogens (primary N) is 1. The molecule has 0 saturated heterocycles. The van der Waals surface area contributed by atoms with Gasteiger partial charge in [0, 0.05) is 12.2 Å². The predicted octanol–water partition coefficient (Wildman–Crippen LogP) is 2.55. The molecule has 0 saturated carbocycles. The number of rotatable bonds is 4. The maximum absolute atomic E-state index is 13.0. The molecule has 0 aliphatic carbocycles. The first-order valence-electron chi connectivity index (χ1n) is 5.69. The van der Waals surface area contributed by atoms with Crippen LogP contribution in [0.25, 0.3) is 0 Å². The number of halogens is 1. The van der Waals surface area contributed by atoms with Crippen molar-refractivity contribution < 1.29 is 9.50 Å². The van der Waals surface area contributed by atoms with Crippen LogP contribution >= 0.6 is 0 Å². The van der Waals surface area contributed by atoms with Gasteiger partial charge < -0.3 is 16.2 Å². The zero-order valence-corrected chi connectivity index (χ0v) is 9.81. The van der Waals surface area contributed by atoms with Gasteiger partial charge in [0.05, 0.1) is 11.8 Å². The second-order valence-corrected chi connectivity index (χ2v) is 4.04. The number of hydrogen-bond donors (Lipinski definition) is 3. The number of para-hydroxylation sites is 1. The van der Waals surface area contributed by atoms with Crippen molar-refractivity contribution in [3.05, 3.63) is 59.9 Å². The van der Waals surface area contributed by atoms with E-state index in [9.17, 15) is 9.50 Å². The van der Waals surface area contributed by atoms with Crippen molar-refractivity contribution in [3.8, 4) is 0 Å². The van der Waals surface area contributed by atoms with Crippen molar-refractivity contribution in [2.45, 2.75) is 6.10 Å². The number of aliphatic hydroxyl groups is 1. The molecule has 2 aromatic carbocycles. The Labute approximate surface area is 105 Å². The summed E-state index contributed by atoms with van der Waals surface area (Å²) in [5.41, 5.74) is 7.02. The Balaban J connectivity index is 1.99. The largest absolute Gasteiger partial charge is 0.396 e. The molecule has 1 atom stereocenters. The van der Waals surface area contributed by atoms with Gasteiger partial charge in [0.2, 0.25) is 0 Å². The maximum atomic E-state index is 13.0. The highest BCUT2D eigenvalue weighted by atomic mass is 19.1. The molecule has 3 nitrogen and oxygen atoms in total. The third kappa shape index (κ3) is 2.99. The minimum atomic E-state index is -0.729. The van der Waals surface area contributed by atoms with E-state index in [0.717, 1.165) is 5.69 Å². The molecule has 0 radical (unpaired) electrons. The fraction of sp³-hybridized carbons (Fsp3) is 0.143. The van der Waals surface area contributed by atoms with Crippen molar-refractivity contribution in [1.82, 2.24) is 0 Å². The van der Waals surface area contributed by atoms with E-state index < -0.39 is 11.9 Å². The lowest BCUT2D eigenvalue weighted by atomic mass is 10.1. The molecule has 2 aromatic rings. The molecule has 0 aliphatic rings. The molecular formula is C14H15FN2O. The van der Waals surface area contributed by atoms with E-state index in [1.165, 1.54) is 18.2 Å². The van der Waals surface area contributed by atoms with Crippen molar-refractivity contribution >= 4 is 11.4 Å². The van der Waals surface area contributed by atoms with Crippen LogP contribution in [-0.4, -0.2) is 11.7 Å². The van der Waals surface area contributed by atoms with E-state index in [2.05, 4.69) is 5.32 Å². The first-order valence-corrected chi connectivity index (χ1v) is 5.69. The molecule has 94 valence electrons. The summed E-state index contributed by atoms with van der Waals surface area (Å²) in [6, 6.07) is 13.8. The SMILES string of the molecule is Nc1cc(C(O)CNc2ccccc2)ccc1F. The molecule has 18 heavy (non-hydrogen) atoms. The zero-order valence-electron chi connectivity index (χ0n) is 9.81. The number of aliphatic hydroxyl groups excluding tert-OH is 1. The second kappa shape index (κ2) is 5.51. The average molecular weight is 246 g/mol. The minimum absolute atomic E-state index is 0.0475. The molecule has 0 fully saturated rings. The summed E-state index contributed by atoms with van der Waals surface area (Å²) >= 11 is 0. The van der Waals surface area contributed by atoms with Crippen LogP contribution in [0.2, 0.25) is 0 Å². The van der Waals surface area contributed by atoms with E-state index in [0.29, 0.717) is 12.1 Å². The molecule has 2 rings (SSSR count). The Morgan fingerprint density at radius 1 is 1.17 bits per heavy atom. The van der Waals surface area contributed by atoms with Gasteiger partial charge in [0.25, 0.3) is 0 Å². The van der Waals surface area contributed by atoms with Gasteiger partial charge in [0.1, 0.15) is 5.82 Å². The van der Waals surface area contributed by atoms with Crippen molar-refractivity contribution in [2.75, 3.05) is 17.6 Å². The van der Waals surface area contributed by atoms with Crippen LogP contribution in [0.1, 0.15) is 11.7 Å². The van der Waals surface area contributed by atoms with E-state index in [-0.39, 0.29) is 5.69 Å². The minimum Gasteiger partial charge on any atom is -0.396 e. The highest BCUT2D eigenvalue weighted by Gasteiger charge is 2.09. The van der Waals surface area contributed by atoms with Crippen LogP contribution in [0.5, 0.6) is 0 Å². The van der Waals surface area contributed by atoms with Crippen molar-refractivity contribution in [1.29, 1.82) is 0 Å². The highest BCUT2D eigenvalue weighted by molar-refractivity contribution is 5.45. The number of nitrogens with one attached hydrogen (secondary N) is 1. The third-order valence-electron chi connectivity index (χ3n) is 2.68. The van der Waals surface area contributed by atoms with Crippen LogP contribution < -0.4 is 11.1 Å². The standard InChI is InChI=1S/C14H15FN2O/c15-12-7-6-10(8-13(12)16)14(18)9-17-11-4-2-1-3-5-11/h1-8,14,17-18H,9,16H2. The molecule has 0 heterocycles.